The fourth-order valence-electron chi connectivity index (χ4n) is 1.28. The van der Waals surface area contributed by atoms with Crippen LogP contribution < -0.4 is 5.73 Å². The van der Waals surface area contributed by atoms with Gasteiger partial charge in [0.2, 0.25) is 0 Å². The van der Waals surface area contributed by atoms with E-state index in [4.69, 9.17) is 5.73 Å². The van der Waals surface area contributed by atoms with E-state index < -0.39 is 0 Å². The van der Waals surface area contributed by atoms with Gasteiger partial charge in [-0.1, -0.05) is 27.7 Å². The number of hydrogen-bond donors (Lipinski definition) is 1. The fourth-order valence-corrected chi connectivity index (χ4v) is 1.28. The second kappa shape index (κ2) is 3.65. The first-order valence-corrected chi connectivity index (χ1v) is 4.82. The third-order valence-electron chi connectivity index (χ3n) is 2.86. The lowest BCUT2D eigenvalue weighted by atomic mass is 9.77. The first-order valence-electron chi connectivity index (χ1n) is 4.82. The van der Waals surface area contributed by atoms with Gasteiger partial charge in [-0.15, -0.1) is 5.10 Å². The van der Waals surface area contributed by atoms with Crippen molar-refractivity contribution in [3.63, 3.8) is 0 Å². The zero-order chi connectivity index (χ0) is 10.9. The van der Waals surface area contributed by atoms with Crippen LogP contribution >= 0.6 is 0 Å². The van der Waals surface area contributed by atoms with Gasteiger partial charge in [0.05, 0.1) is 6.04 Å². The first-order chi connectivity index (χ1) is 6.34. The molecular weight excluding hydrogens is 178 g/mol. The maximum atomic E-state index is 6.11. The molecule has 1 rings (SSSR count). The zero-order valence-corrected chi connectivity index (χ0v) is 9.52. The Labute approximate surface area is 84.7 Å². The molecule has 0 aliphatic rings. The summed E-state index contributed by atoms with van der Waals surface area (Å²) in [6.07, 6.45) is 0. The lowest BCUT2D eigenvalue weighted by Crippen LogP contribution is -2.31. The number of aryl methyl sites for hydroxylation is 1. The summed E-state index contributed by atoms with van der Waals surface area (Å²) in [4.78, 5) is 0. The van der Waals surface area contributed by atoms with Gasteiger partial charge in [0.1, 0.15) is 0 Å². The molecule has 0 amide bonds. The van der Waals surface area contributed by atoms with Crippen molar-refractivity contribution in [2.75, 3.05) is 0 Å². The molecule has 0 aliphatic carbocycles. The number of hydrogen-bond acceptors (Lipinski definition) is 4. The summed E-state index contributed by atoms with van der Waals surface area (Å²) in [5, 5.41) is 11.3. The highest BCUT2D eigenvalue weighted by Crippen LogP contribution is 2.33. The Hall–Kier alpha value is -0.970. The monoisotopic (exact) mass is 197 g/mol. The van der Waals surface area contributed by atoms with Gasteiger partial charge >= 0.3 is 0 Å². The predicted octanol–water partition coefficient (Wildman–Crippen LogP) is 0.892. The average molecular weight is 197 g/mol. The van der Waals surface area contributed by atoms with Gasteiger partial charge in [-0.05, 0) is 21.8 Å². The highest BCUT2D eigenvalue weighted by Gasteiger charge is 2.29. The lowest BCUT2D eigenvalue weighted by Gasteiger charge is -2.31. The number of nitrogens with two attached hydrogens (primary N) is 1. The van der Waals surface area contributed by atoms with Crippen molar-refractivity contribution in [3.8, 4) is 0 Å². The Morgan fingerprint density at radius 3 is 2.29 bits per heavy atom. The Bertz CT molecular complexity index is 298. The Kier molecular flexibility index (Phi) is 2.89. The number of tetrazole rings is 1. The van der Waals surface area contributed by atoms with Crippen LogP contribution in [-0.2, 0) is 7.05 Å². The van der Waals surface area contributed by atoms with Gasteiger partial charge in [0, 0.05) is 7.05 Å². The Morgan fingerprint density at radius 1 is 1.36 bits per heavy atom. The smallest absolute Gasteiger partial charge is 0.168 e. The molecule has 2 unspecified atom stereocenters. The maximum absolute atomic E-state index is 6.11. The normalized spacial score (nSPS) is 16.7. The van der Waals surface area contributed by atoms with Crippen molar-refractivity contribution >= 4 is 0 Å². The van der Waals surface area contributed by atoms with Gasteiger partial charge in [-0.25, -0.2) is 4.68 Å². The predicted molar refractivity (Wildman–Crippen MR) is 54.3 cm³/mol. The lowest BCUT2D eigenvalue weighted by molar-refractivity contribution is 0.215. The van der Waals surface area contributed by atoms with E-state index in [-0.39, 0.29) is 11.5 Å². The molecule has 0 bridgehead atoms. The number of aromatic nitrogens is 4. The largest absolute Gasteiger partial charge is 0.321 e. The van der Waals surface area contributed by atoms with Crippen molar-refractivity contribution in [3.05, 3.63) is 5.82 Å². The van der Waals surface area contributed by atoms with Crippen molar-refractivity contribution < 1.29 is 0 Å². The average Bonchev–Trinajstić information content (AvgIpc) is 2.47. The molecular formula is C9H19N5. The van der Waals surface area contributed by atoms with E-state index in [9.17, 15) is 0 Å². The van der Waals surface area contributed by atoms with E-state index in [1.165, 1.54) is 0 Å². The van der Waals surface area contributed by atoms with Crippen molar-refractivity contribution in [1.29, 1.82) is 0 Å². The van der Waals surface area contributed by atoms with Gasteiger partial charge < -0.3 is 5.73 Å². The van der Waals surface area contributed by atoms with Crippen LogP contribution in [0.1, 0.15) is 39.6 Å². The second-order valence-corrected chi connectivity index (χ2v) is 4.84. The molecule has 0 aliphatic heterocycles. The maximum Gasteiger partial charge on any atom is 0.168 e. The topological polar surface area (TPSA) is 69.6 Å². The van der Waals surface area contributed by atoms with Crippen molar-refractivity contribution in [2.45, 2.75) is 33.7 Å². The van der Waals surface area contributed by atoms with E-state index in [0.29, 0.717) is 5.92 Å². The molecule has 1 aromatic heterocycles. The minimum absolute atomic E-state index is 0.116. The quantitative estimate of drug-likeness (QED) is 0.764. The summed E-state index contributed by atoms with van der Waals surface area (Å²) in [6, 6.07) is -0.116. The third-order valence-corrected chi connectivity index (χ3v) is 2.86. The van der Waals surface area contributed by atoms with Crippen LogP contribution in [0.3, 0.4) is 0 Å². The molecule has 5 heteroatoms. The Morgan fingerprint density at radius 2 is 1.93 bits per heavy atom. The minimum Gasteiger partial charge on any atom is -0.321 e. The molecule has 0 spiro atoms. The molecule has 2 N–H and O–H groups in total. The fraction of sp³-hybridized carbons (Fsp3) is 0.889. The van der Waals surface area contributed by atoms with Crippen LogP contribution in [0, 0.1) is 11.3 Å². The van der Waals surface area contributed by atoms with E-state index in [0.717, 1.165) is 5.82 Å². The summed E-state index contributed by atoms with van der Waals surface area (Å²) in [5.74, 6) is 1.07. The summed E-state index contributed by atoms with van der Waals surface area (Å²) < 4.78 is 1.63. The summed E-state index contributed by atoms with van der Waals surface area (Å²) in [7, 11) is 1.81. The van der Waals surface area contributed by atoms with Crippen LogP contribution in [0.2, 0.25) is 0 Å². The molecule has 0 saturated heterocycles. The first kappa shape index (κ1) is 11.1. The molecule has 0 aromatic carbocycles. The molecule has 5 nitrogen and oxygen atoms in total. The highest BCUT2D eigenvalue weighted by molar-refractivity contribution is 4.95. The second-order valence-electron chi connectivity index (χ2n) is 4.84. The van der Waals surface area contributed by atoms with Crippen molar-refractivity contribution in [2.24, 2.45) is 24.1 Å². The zero-order valence-electron chi connectivity index (χ0n) is 9.52. The molecule has 0 radical (unpaired) electrons. The van der Waals surface area contributed by atoms with Crippen LogP contribution in [0.4, 0.5) is 0 Å². The van der Waals surface area contributed by atoms with Crippen LogP contribution in [-0.4, -0.2) is 20.2 Å². The summed E-state index contributed by atoms with van der Waals surface area (Å²) in [6.45, 7) is 8.63. The van der Waals surface area contributed by atoms with E-state index in [1.54, 1.807) is 4.68 Å². The van der Waals surface area contributed by atoms with Crippen LogP contribution in [0.5, 0.6) is 0 Å². The van der Waals surface area contributed by atoms with Gasteiger partial charge in [-0.2, -0.15) is 0 Å². The van der Waals surface area contributed by atoms with E-state index >= 15 is 0 Å². The third kappa shape index (κ3) is 2.09. The van der Waals surface area contributed by atoms with Gasteiger partial charge in [0.25, 0.3) is 0 Å². The van der Waals surface area contributed by atoms with E-state index in [2.05, 4.69) is 43.2 Å². The molecule has 1 heterocycles. The molecule has 2 atom stereocenters. The van der Waals surface area contributed by atoms with Gasteiger partial charge in [-0.3, -0.25) is 0 Å². The number of rotatable bonds is 2. The minimum atomic E-state index is -0.116. The molecule has 0 saturated carbocycles. The molecule has 80 valence electrons. The van der Waals surface area contributed by atoms with Crippen LogP contribution in [0.15, 0.2) is 0 Å². The number of nitrogens with zero attached hydrogens (tertiary/aromatic N) is 4. The van der Waals surface area contributed by atoms with Gasteiger partial charge in [0.15, 0.2) is 5.82 Å². The standard InChI is InChI=1S/C9H19N5/c1-6(9(2,3)4)7(10)8-11-12-13-14(8)5/h6-7H,10H2,1-5H3. The highest BCUT2D eigenvalue weighted by atomic mass is 15.5. The summed E-state index contributed by atoms with van der Waals surface area (Å²) >= 11 is 0. The SMILES string of the molecule is CC(C(N)c1nnnn1C)C(C)(C)C. The summed E-state index contributed by atoms with van der Waals surface area (Å²) in [5.41, 5.74) is 6.26. The Balaban J connectivity index is 2.86. The molecule has 1 aromatic rings. The van der Waals surface area contributed by atoms with E-state index in [1.807, 2.05) is 7.05 Å². The molecule has 14 heavy (non-hydrogen) atoms. The van der Waals surface area contributed by atoms with Crippen molar-refractivity contribution in [1.82, 2.24) is 20.2 Å². The molecule has 0 fully saturated rings. The van der Waals surface area contributed by atoms with Crippen LogP contribution in [0.25, 0.3) is 0 Å².